The predicted octanol–water partition coefficient (Wildman–Crippen LogP) is 0.982. The van der Waals surface area contributed by atoms with Crippen LogP contribution in [0.2, 0.25) is 0 Å². The summed E-state index contributed by atoms with van der Waals surface area (Å²) in [6.07, 6.45) is 2.54. The molecule has 0 aromatic carbocycles. The van der Waals surface area contributed by atoms with Crippen LogP contribution in [0, 0.1) is 0 Å². The van der Waals surface area contributed by atoms with E-state index in [1.807, 2.05) is 19.9 Å². The summed E-state index contributed by atoms with van der Waals surface area (Å²) < 4.78 is 21.6. The minimum absolute atomic E-state index is 0.143. The quantitative estimate of drug-likeness (QED) is 0.494. The number of carbonyl (C=O) groups excluding carboxylic acids is 1. The average Bonchev–Trinajstić information content (AvgIpc) is 2.16. The number of fused-ring (bicyclic) bond motifs is 1. The van der Waals surface area contributed by atoms with Crippen molar-refractivity contribution in [3.8, 4) is 0 Å². The lowest BCUT2D eigenvalue weighted by Gasteiger charge is -2.42. The first kappa shape index (κ1) is 11.6. The lowest BCUT2D eigenvalue weighted by atomic mass is 10.1. The molecule has 2 rings (SSSR count). The maximum Gasteiger partial charge on any atom is 0.305 e. The first-order valence-corrected chi connectivity index (χ1v) is 5.29. The van der Waals surface area contributed by atoms with E-state index in [1.54, 1.807) is 6.08 Å². The minimum atomic E-state index is -0.632. The zero-order chi connectivity index (χ0) is 11.8. The van der Waals surface area contributed by atoms with Gasteiger partial charge in [-0.05, 0) is 19.9 Å². The van der Waals surface area contributed by atoms with E-state index in [4.69, 9.17) is 18.9 Å². The highest BCUT2D eigenvalue weighted by atomic mass is 16.8. The van der Waals surface area contributed by atoms with Crippen LogP contribution in [0.25, 0.3) is 0 Å². The van der Waals surface area contributed by atoms with E-state index in [0.717, 1.165) is 0 Å². The van der Waals surface area contributed by atoms with E-state index >= 15 is 0 Å². The Morgan fingerprint density at radius 3 is 2.88 bits per heavy atom. The second-order valence-electron chi connectivity index (χ2n) is 4.33. The molecule has 2 aliphatic rings. The molecular formula is C11H16O5. The Labute approximate surface area is 94.3 Å². The van der Waals surface area contributed by atoms with Crippen molar-refractivity contribution in [1.29, 1.82) is 0 Å². The van der Waals surface area contributed by atoms with Crippen molar-refractivity contribution in [2.24, 2.45) is 0 Å². The van der Waals surface area contributed by atoms with Gasteiger partial charge in [0.15, 0.2) is 5.79 Å². The van der Waals surface area contributed by atoms with Gasteiger partial charge in [0.1, 0.15) is 12.2 Å². The van der Waals surface area contributed by atoms with Crippen molar-refractivity contribution in [3.63, 3.8) is 0 Å². The Morgan fingerprint density at radius 1 is 1.44 bits per heavy atom. The highest BCUT2D eigenvalue weighted by molar-refractivity contribution is 5.66. The van der Waals surface area contributed by atoms with Gasteiger partial charge in [0.05, 0.1) is 6.61 Å². The van der Waals surface area contributed by atoms with Gasteiger partial charge in [-0.25, -0.2) is 0 Å². The summed E-state index contributed by atoms with van der Waals surface area (Å²) in [7, 11) is 0. The van der Waals surface area contributed by atoms with Crippen molar-refractivity contribution in [1.82, 2.24) is 0 Å². The van der Waals surface area contributed by atoms with Gasteiger partial charge in [0.2, 0.25) is 6.29 Å². The van der Waals surface area contributed by atoms with Crippen LogP contribution >= 0.6 is 0 Å². The second kappa shape index (κ2) is 4.16. The summed E-state index contributed by atoms with van der Waals surface area (Å²) in [5.74, 6) is -0.963. The summed E-state index contributed by atoms with van der Waals surface area (Å²) in [5, 5.41) is 0. The van der Waals surface area contributed by atoms with Crippen LogP contribution < -0.4 is 0 Å². The van der Waals surface area contributed by atoms with Crippen LogP contribution in [0.1, 0.15) is 20.8 Å². The zero-order valence-corrected chi connectivity index (χ0v) is 9.64. The molecule has 0 aromatic rings. The number of rotatable bonds is 1. The summed E-state index contributed by atoms with van der Waals surface area (Å²) in [6, 6.07) is 0. The van der Waals surface area contributed by atoms with Crippen molar-refractivity contribution >= 4 is 5.97 Å². The Morgan fingerprint density at radius 2 is 2.19 bits per heavy atom. The van der Waals surface area contributed by atoms with Crippen LogP contribution in [-0.2, 0) is 23.7 Å². The summed E-state index contributed by atoms with van der Waals surface area (Å²) in [6.45, 7) is 5.49. The van der Waals surface area contributed by atoms with Gasteiger partial charge in [0, 0.05) is 6.92 Å². The Kier molecular flexibility index (Phi) is 3.01. The van der Waals surface area contributed by atoms with E-state index in [0.29, 0.717) is 6.61 Å². The highest BCUT2D eigenvalue weighted by Gasteiger charge is 2.39. The second-order valence-corrected chi connectivity index (χ2v) is 4.33. The minimum Gasteiger partial charge on any atom is -0.432 e. The van der Waals surface area contributed by atoms with Crippen molar-refractivity contribution in [2.75, 3.05) is 6.61 Å². The third kappa shape index (κ3) is 2.61. The number of ether oxygens (including phenoxy) is 4. The first-order chi connectivity index (χ1) is 7.46. The molecule has 0 bridgehead atoms. The lowest BCUT2D eigenvalue weighted by molar-refractivity contribution is -0.316. The molecule has 0 N–H and O–H groups in total. The number of hydrogen-bond acceptors (Lipinski definition) is 5. The maximum absolute atomic E-state index is 10.8. The molecule has 0 spiro atoms. The topological polar surface area (TPSA) is 54.0 Å². The summed E-state index contributed by atoms with van der Waals surface area (Å²) in [5.41, 5.74) is 0. The molecule has 1 saturated heterocycles. The summed E-state index contributed by atoms with van der Waals surface area (Å²) in [4.78, 5) is 10.8. The van der Waals surface area contributed by atoms with E-state index in [2.05, 4.69) is 0 Å². The molecule has 0 aliphatic carbocycles. The van der Waals surface area contributed by atoms with Crippen LogP contribution in [0.15, 0.2) is 12.2 Å². The number of esters is 1. The molecule has 16 heavy (non-hydrogen) atoms. The molecule has 2 aliphatic heterocycles. The standard InChI is InChI=1S/C11H16O5/c1-7(12)14-10-5-4-8-9(15-10)6-13-11(2,3)16-8/h4-5,8-10H,6H2,1-3H3/t8-,9+,10-/m0/s1. The molecule has 3 atom stereocenters. The highest BCUT2D eigenvalue weighted by Crippen LogP contribution is 2.28. The fourth-order valence-electron chi connectivity index (χ4n) is 1.74. The smallest absolute Gasteiger partial charge is 0.305 e. The van der Waals surface area contributed by atoms with E-state index < -0.39 is 12.1 Å². The van der Waals surface area contributed by atoms with Gasteiger partial charge in [-0.2, -0.15) is 0 Å². The van der Waals surface area contributed by atoms with E-state index in [9.17, 15) is 4.79 Å². The molecule has 0 aromatic heterocycles. The first-order valence-electron chi connectivity index (χ1n) is 5.29. The van der Waals surface area contributed by atoms with Crippen LogP contribution in [-0.4, -0.2) is 36.9 Å². The molecule has 0 radical (unpaired) electrons. The third-order valence-corrected chi connectivity index (χ3v) is 2.43. The predicted molar refractivity (Wildman–Crippen MR) is 54.5 cm³/mol. The maximum atomic E-state index is 10.8. The van der Waals surface area contributed by atoms with Crippen LogP contribution in [0.5, 0.6) is 0 Å². The fourth-order valence-corrected chi connectivity index (χ4v) is 1.74. The average molecular weight is 228 g/mol. The van der Waals surface area contributed by atoms with E-state index in [1.165, 1.54) is 6.92 Å². The Bertz CT molecular complexity index is 309. The SMILES string of the molecule is CC(=O)O[C@@H]1C=C[C@@H]2OC(C)(C)OC[C@H]2O1. The monoisotopic (exact) mass is 228 g/mol. The molecule has 90 valence electrons. The van der Waals surface area contributed by atoms with Crippen LogP contribution in [0.3, 0.4) is 0 Å². The molecular weight excluding hydrogens is 212 g/mol. The lowest BCUT2D eigenvalue weighted by Crippen LogP contribution is -2.51. The summed E-state index contributed by atoms with van der Waals surface area (Å²) >= 11 is 0. The van der Waals surface area contributed by atoms with Crippen molar-refractivity contribution in [3.05, 3.63) is 12.2 Å². The Balaban J connectivity index is 1.99. The van der Waals surface area contributed by atoms with Crippen molar-refractivity contribution < 1.29 is 23.7 Å². The van der Waals surface area contributed by atoms with Crippen molar-refractivity contribution in [2.45, 2.75) is 45.1 Å². The molecule has 1 fully saturated rings. The molecule has 0 unspecified atom stereocenters. The largest absolute Gasteiger partial charge is 0.432 e. The number of hydrogen-bond donors (Lipinski definition) is 0. The van der Waals surface area contributed by atoms with Gasteiger partial charge in [0.25, 0.3) is 0 Å². The molecule has 0 amide bonds. The van der Waals surface area contributed by atoms with Gasteiger partial charge in [-0.3, -0.25) is 4.79 Å². The molecule has 2 heterocycles. The normalized spacial score (nSPS) is 36.6. The third-order valence-electron chi connectivity index (χ3n) is 2.43. The molecule has 0 saturated carbocycles. The zero-order valence-electron chi connectivity index (χ0n) is 9.64. The molecule has 5 heteroatoms. The van der Waals surface area contributed by atoms with Crippen LogP contribution in [0.4, 0.5) is 0 Å². The van der Waals surface area contributed by atoms with E-state index in [-0.39, 0.29) is 18.2 Å². The number of carbonyl (C=O) groups is 1. The van der Waals surface area contributed by atoms with Gasteiger partial charge in [-0.15, -0.1) is 0 Å². The van der Waals surface area contributed by atoms with Gasteiger partial charge >= 0.3 is 5.97 Å². The Hall–Kier alpha value is -0.910. The van der Waals surface area contributed by atoms with Gasteiger partial charge in [-0.1, -0.05) is 6.08 Å². The fraction of sp³-hybridized carbons (Fsp3) is 0.727. The van der Waals surface area contributed by atoms with Gasteiger partial charge < -0.3 is 18.9 Å². The molecule has 5 nitrogen and oxygen atoms in total.